The van der Waals surface area contributed by atoms with Crippen LogP contribution in [0.5, 0.6) is 0 Å². The van der Waals surface area contributed by atoms with Crippen LogP contribution in [0, 0.1) is 5.41 Å². The van der Waals surface area contributed by atoms with E-state index >= 15 is 0 Å². The van der Waals surface area contributed by atoms with Gasteiger partial charge in [0.1, 0.15) is 26.4 Å². The molecule has 12 heteroatoms. The third-order valence-electron chi connectivity index (χ3n) is 2.85. The molecule has 0 fully saturated rings. The second kappa shape index (κ2) is 14.5. The smallest absolute Gasteiger partial charge is 0.315 e. The summed E-state index contributed by atoms with van der Waals surface area (Å²) in [4.78, 5) is 45.6. The van der Waals surface area contributed by atoms with Crippen molar-refractivity contribution < 1.29 is 38.1 Å². The van der Waals surface area contributed by atoms with E-state index < -0.39 is 23.3 Å². The summed E-state index contributed by atoms with van der Waals surface area (Å²) in [6.45, 7) is -1.25. The molecule has 26 heavy (non-hydrogen) atoms. The van der Waals surface area contributed by atoms with Gasteiger partial charge in [-0.05, 0) is 0 Å². The van der Waals surface area contributed by atoms with Crippen LogP contribution < -0.4 is 0 Å². The van der Waals surface area contributed by atoms with Gasteiger partial charge in [-0.25, -0.2) is 0 Å². The highest BCUT2D eigenvalue weighted by molar-refractivity contribution is 7.81. The number of thiol groups is 4. The molecule has 0 atom stereocenters. The highest BCUT2D eigenvalue weighted by Crippen LogP contribution is 2.21. The van der Waals surface area contributed by atoms with Crippen LogP contribution in [0.4, 0.5) is 0 Å². The Bertz CT molecular complexity index is 435. The second-order valence-corrected chi connectivity index (χ2v) is 6.41. The Balaban J connectivity index is 5.19. The van der Waals surface area contributed by atoms with E-state index in [2.05, 4.69) is 50.5 Å². The summed E-state index contributed by atoms with van der Waals surface area (Å²) < 4.78 is 20.5. The molecule has 0 aliphatic rings. The normalized spacial score (nSPS) is 10.9. The van der Waals surface area contributed by atoms with E-state index in [4.69, 9.17) is 18.9 Å². The minimum atomic E-state index is -1.20. The van der Waals surface area contributed by atoms with Crippen molar-refractivity contribution in [1.82, 2.24) is 0 Å². The van der Waals surface area contributed by atoms with Crippen molar-refractivity contribution in [2.75, 3.05) is 56.0 Å². The van der Waals surface area contributed by atoms with Crippen molar-refractivity contribution in [1.29, 1.82) is 0 Å². The van der Waals surface area contributed by atoms with Crippen LogP contribution in [0.1, 0.15) is 0 Å². The number of carbonyl (C=O) groups excluding carboxylic acids is 4. The minimum absolute atomic E-state index is 0.00901. The van der Waals surface area contributed by atoms with Crippen molar-refractivity contribution >= 4 is 74.2 Å². The number of rotatable bonds is 14. The van der Waals surface area contributed by atoms with Gasteiger partial charge in [0.25, 0.3) is 0 Å². The van der Waals surface area contributed by atoms with Gasteiger partial charge in [0.05, 0.1) is 35.0 Å². The Labute approximate surface area is 173 Å². The van der Waals surface area contributed by atoms with Gasteiger partial charge in [-0.3, -0.25) is 19.2 Å². The number of hydrogen-bond acceptors (Lipinski definition) is 12. The molecule has 0 rings (SSSR count). The largest absolute Gasteiger partial charge is 0.464 e. The number of esters is 3. The number of ketones is 1. The number of ether oxygens (including phenoxy) is 4. The molecular formula is C14H22O8S4. The number of hydrogen-bond donors (Lipinski definition) is 4. The molecule has 0 saturated heterocycles. The molecule has 0 N–H and O–H groups in total. The molecule has 0 aromatic heterocycles. The standard InChI is InChI=1S/C14H22O8S4/c15-10(2-23)1-19-6-14(7-20-11(16)3-24,8-21-12(17)4-25)9-22-13(18)5-26/h23-26H,1-9H2. The molecule has 0 unspecified atom stereocenters. The van der Waals surface area contributed by atoms with Gasteiger partial charge < -0.3 is 18.9 Å². The summed E-state index contributed by atoms with van der Waals surface area (Å²) in [6.07, 6.45) is 0. The zero-order valence-electron chi connectivity index (χ0n) is 13.9. The van der Waals surface area contributed by atoms with E-state index in [9.17, 15) is 19.2 Å². The van der Waals surface area contributed by atoms with Gasteiger partial charge in [-0.1, -0.05) is 0 Å². The fraction of sp³-hybridized carbons (Fsp3) is 0.714. The van der Waals surface area contributed by atoms with E-state index in [1.807, 2.05) is 0 Å². The molecular weight excluding hydrogens is 424 g/mol. The summed E-state index contributed by atoms with van der Waals surface area (Å²) in [5.74, 6) is -2.63. The molecule has 0 radical (unpaired) electrons. The van der Waals surface area contributed by atoms with E-state index in [1.165, 1.54) is 0 Å². The van der Waals surface area contributed by atoms with Crippen molar-refractivity contribution in [3.8, 4) is 0 Å². The molecule has 0 saturated carbocycles. The summed E-state index contributed by atoms with van der Waals surface area (Å²) in [7, 11) is 0. The number of Topliss-reactive ketones (excluding diaryl/α,β-unsaturated/α-hetero) is 1. The Hall–Kier alpha value is -0.560. The molecule has 0 aromatic rings. The molecule has 0 amide bonds. The first-order chi connectivity index (χ1) is 12.3. The Kier molecular flexibility index (Phi) is 14.2. The third-order valence-corrected chi connectivity index (χ3v) is 3.98. The maximum Gasteiger partial charge on any atom is 0.315 e. The van der Waals surface area contributed by atoms with Crippen LogP contribution in [0.15, 0.2) is 0 Å². The fourth-order valence-electron chi connectivity index (χ4n) is 1.51. The Morgan fingerprint density at radius 1 is 0.615 bits per heavy atom. The average molecular weight is 447 g/mol. The fourth-order valence-corrected chi connectivity index (χ4v) is 1.88. The van der Waals surface area contributed by atoms with Gasteiger partial charge in [-0.15, -0.1) is 0 Å². The average Bonchev–Trinajstić information content (AvgIpc) is 2.67. The van der Waals surface area contributed by atoms with Crippen molar-refractivity contribution in [3.63, 3.8) is 0 Å². The van der Waals surface area contributed by atoms with Crippen LogP contribution in [-0.2, 0) is 38.1 Å². The lowest BCUT2D eigenvalue weighted by Gasteiger charge is -2.31. The zero-order valence-corrected chi connectivity index (χ0v) is 17.5. The lowest BCUT2D eigenvalue weighted by atomic mass is 9.92. The SMILES string of the molecule is O=C(CS)COCC(COC(=O)CS)(COC(=O)CS)COC(=O)CS. The lowest BCUT2D eigenvalue weighted by Crippen LogP contribution is -2.44. The monoisotopic (exact) mass is 446 g/mol. The van der Waals surface area contributed by atoms with Crippen molar-refractivity contribution in [2.24, 2.45) is 5.41 Å². The summed E-state index contributed by atoms with van der Waals surface area (Å²) in [5, 5.41) is 0. The third kappa shape index (κ3) is 11.2. The summed E-state index contributed by atoms with van der Waals surface area (Å²) in [6, 6.07) is 0. The van der Waals surface area contributed by atoms with Crippen LogP contribution in [-0.4, -0.2) is 79.7 Å². The van der Waals surface area contributed by atoms with Gasteiger partial charge in [0, 0.05) is 0 Å². The molecule has 0 heterocycles. The van der Waals surface area contributed by atoms with Crippen LogP contribution in [0.25, 0.3) is 0 Å². The Morgan fingerprint density at radius 3 is 1.31 bits per heavy atom. The molecule has 0 bridgehead atoms. The molecule has 0 spiro atoms. The molecule has 8 nitrogen and oxygen atoms in total. The number of carbonyl (C=O) groups is 4. The maximum absolute atomic E-state index is 11.4. The minimum Gasteiger partial charge on any atom is -0.464 e. The van der Waals surface area contributed by atoms with Crippen molar-refractivity contribution in [3.05, 3.63) is 0 Å². The lowest BCUT2D eigenvalue weighted by molar-refractivity contribution is -0.164. The van der Waals surface area contributed by atoms with Gasteiger partial charge >= 0.3 is 17.9 Å². The first-order valence-electron chi connectivity index (χ1n) is 7.32. The molecule has 0 aliphatic heterocycles. The predicted molar refractivity (Wildman–Crippen MR) is 107 cm³/mol. The van der Waals surface area contributed by atoms with E-state index in [-0.39, 0.29) is 61.8 Å². The van der Waals surface area contributed by atoms with Gasteiger partial charge in [0.15, 0.2) is 5.78 Å². The highest BCUT2D eigenvalue weighted by Gasteiger charge is 2.36. The quantitative estimate of drug-likeness (QED) is 0.167. The first kappa shape index (κ1) is 25.4. The summed E-state index contributed by atoms with van der Waals surface area (Å²) >= 11 is 15.3. The molecule has 0 aliphatic carbocycles. The molecule has 150 valence electrons. The van der Waals surface area contributed by atoms with Crippen LogP contribution in [0.3, 0.4) is 0 Å². The van der Waals surface area contributed by atoms with Crippen LogP contribution >= 0.6 is 50.5 Å². The zero-order chi connectivity index (χ0) is 20.0. The molecule has 0 aromatic carbocycles. The van der Waals surface area contributed by atoms with E-state index in [1.54, 1.807) is 0 Å². The second-order valence-electron chi connectivity index (χ2n) is 5.15. The van der Waals surface area contributed by atoms with Crippen molar-refractivity contribution in [2.45, 2.75) is 0 Å². The summed E-state index contributed by atoms with van der Waals surface area (Å²) in [5.41, 5.74) is -1.20. The van der Waals surface area contributed by atoms with E-state index in [0.717, 1.165) is 0 Å². The predicted octanol–water partition coefficient (Wildman–Crippen LogP) is -0.0927. The Morgan fingerprint density at radius 2 is 1.00 bits per heavy atom. The van der Waals surface area contributed by atoms with E-state index in [0.29, 0.717) is 0 Å². The first-order valence-corrected chi connectivity index (χ1v) is 9.85. The van der Waals surface area contributed by atoms with Gasteiger partial charge in [0.2, 0.25) is 0 Å². The van der Waals surface area contributed by atoms with Crippen LogP contribution in [0.2, 0.25) is 0 Å². The topological polar surface area (TPSA) is 105 Å². The van der Waals surface area contributed by atoms with Gasteiger partial charge in [-0.2, -0.15) is 50.5 Å². The highest BCUT2D eigenvalue weighted by atomic mass is 32.1. The maximum atomic E-state index is 11.4.